The fraction of sp³-hybridized carbons (Fsp3) is 0.692. The van der Waals surface area contributed by atoms with Crippen molar-refractivity contribution >= 4 is 11.7 Å². The lowest BCUT2D eigenvalue weighted by molar-refractivity contribution is -0.148. The smallest absolute Gasteiger partial charge is 0.290 e. The van der Waals surface area contributed by atoms with Gasteiger partial charge >= 0.3 is 0 Å². The second-order valence-electron chi connectivity index (χ2n) is 9.53. The minimum Gasteiger partial charge on any atom is -0.333 e. The lowest BCUT2D eigenvalue weighted by Crippen LogP contribution is -2.48. The van der Waals surface area contributed by atoms with Crippen molar-refractivity contribution in [2.45, 2.75) is 78.2 Å². The first-order valence-electron chi connectivity index (χ1n) is 12.1. The summed E-state index contributed by atoms with van der Waals surface area (Å²) in [5, 5.41) is 0. The van der Waals surface area contributed by atoms with Crippen molar-refractivity contribution in [3.05, 3.63) is 35.4 Å². The molecule has 0 N–H and O–H groups in total. The lowest BCUT2D eigenvalue weighted by atomic mass is 9.94. The molecule has 1 atom stereocenters. The Kier molecular flexibility index (Phi) is 8.50. The van der Waals surface area contributed by atoms with Gasteiger partial charge in [-0.05, 0) is 75.6 Å². The highest BCUT2D eigenvalue weighted by molar-refractivity contribution is 6.36. The molecule has 4 nitrogen and oxygen atoms in total. The maximum atomic E-state index is 13.0. The highest BCUT2D eigenvalue weighted by Gasteiger charge is 2.34. The maximum absolute atomic E-state index is 13.0. The number of aryl methyl sites for hydroxylation is 1. The summed E-state index contributed by atoms with van der Waals surface area (Å²) in [6.45, 7) is 10.1. The van der Waals surface area contributed by atoms with E-state index in [9.17, 15) is 9.59 Å². The maximum Gasteiger partial charge on any atom is 0.290 e. The van der Waals surface area contributed by atoms with E-state index in [2.05, 4.69) is 36.1 Å². The number of hydrogen-bond acceptors (Lipinski definition) is 3. The van der Waals surface area contributed by atoms with E-state index in [1.807, 2.05) is 18.7 Å². The number of benzene rings is 1. The number of carbonyl (C=O) groups is 2. The van der Waals surface area contributed by atoms with Crippen LogP contribution < -0.4 is 0 Å². The van der Waals surface area contributed by atoms with Crippen molar-refractivity contribution in [3.63, 3.8) is 0 Å². The minimum absolute atomic E-state index is 0.162. The van der Waals surface area contributed by atoms with Gasteiger partial charge in [0.2, 0.25) is 5.78 Å². The Balaban J connectivity index is 1.52. The predicted molar refractivity (Wildman–Crippen MR) is 122 cm³/mol. The highest BCUT2D eigenvalue weighted by atomic mass is 16.2. The third-order valence-electron chi connectivity index (χ3n) is 7.42. The summed E-state index contributed by atoms with van der Waals surface area (Å²) in [6, 6.07) is 8.94. The summed E-state index contributed by atoms with van der Waals surface area (Å²) in [5.74, 6) is -0.0306. The number of amides is 1. The van der Waals surface area contributed by atoms with Crippen molar-refractivity contribution in [3.8, 4) is 0 Å². The van der Waals surface area contributed by atoms with E-state index in [0.717, 1.165) is 64.7 Å². The van der Waals surface area contributed by atoms with Crippen LogP contribution >= 0.6 is 0 Å². The molecule has 1 aromatic carbocycles. The molecular weight excluding hydrogens is 372 g/mol. The summed E-state index contributed by atoms with van der Waals surface area (Å²) in [4.78, 5) is 30.2. The van der Waals surface area contributed by atoms with Crippen LogP contribution in [0.5, 0.6) is 0 Å². The molecular formula is C26H40N2O2. The Hall–Kier alpha value is -1.68. The van der Waals surface area contributed by atoms with Gasteiger partial charge in [0.15, 0.2) is 0 Å². The van der Waals surface area contributed by atoms with Gasteiger partial charge in [-0.3, -0.25) is 9.59 Å². The quantitative estimate of drug-likeness (QED) is 0.555. The van der Waals surface area contributed by atoms with Crippen LogP contribution in [-0.2, 0) is 16.0 Å². The molecule has 2 aliphatic rings. The van der Waals surface area contributed by atoms with Crippen molar-refractivity contribution in [1.82, 2.24) is 9.80 Å². The minimum atomic E-state index is -0.210. The topological polar surface area (TPSA) is 40.6 Å². The summed E-state index contributed by atoms with van der Waals surface area (Å²) >= 11 is 0. The van der Waals surface area contributed by atoms with Crippen LogP contribution in [0.15, 0.2) is 24.3 Å². The standard InChI is InChI=1S/C26H40N2O2/c1-4-20(2)25(29)26(30)28(24-11-7-8-12-24)19-22-13-16-27(17-14-22)18-15-23-10-6-5-9-21(23)3/h5-6,9-10,20,22,24H,4,7-8,11-19H2,1-3H3/t20-/m0/s1. The van der Waals surface area contributed by atoms with Gasteiger partial charge in [0, 0.05) is 25.0 Å². The number of hydrogen-bond donors (Lipinski definition) is 0. The SMILES string of the molecule is CC[C@H](C)C(=O)C(=O)N(CC1CCN(CCc2ccccc2C)CC1)C1CCCC1. The average Bonchev–Trinajstić information content (AvgIpc) is 3.31. The molecule has 1 aliphatic heterocycles. The van der Waals surface area contributed by atoms with Gasteiger partial charge in [-0.2, -0.15) is 0 Å². The molecule has 2 fully saturated rings. The van der Waals surface area contributed by atoms with E-state index in [1.165, 1.54) is 24.0 Å². The van der Waals surface area contributed by atoms with Crippen LogP contribution in [0.1, 0.15) is 69.9 Å². The Morgan fingerprint density at radius 3 is 2.40 bits per heavy atom. The highest BCUT2D eigenvalue weighted by Crippen LogP contribution is 2.28. The monoisotopic (exact) mass is 412 g/mol. The Labute approximate surface area is 183 Å². The van der Waals surface area contributed by atoms with Gasteiger partial charge in [0.05, 0.1) is 0 Å². The third kappa shape index (κ3) is 5.94. The van der Waals surface area contributed by atoms with Gasteiger partial charge in [0.1, 0.15) is 0 Å². The van der Waals surface area contributed by atoms with Crippen molar-refractivity contribution in [2.24, 2.45) is 11.8 Å². The second kappa shape index (κ2) is 11.1. The number of piperidine rings is 1. The van der Waals surface area contributed by atoms with Crippen LogP contribution in [0.3, 0.4) is 0 Å². The predicted octanol–water partition coefficient (Wildman–Crippen LogP) is 4.64. The first-order chi connectivity index (χ1) is 14.5. The van der Waals surface area contributed by atoms with Crippen molar-refractivity contribution in [2.75, 3.05) is 26.2 Å². The molecule has 1 saturated carbocycles. The number of rotatable bonds is 9. The summed E-state index contributed by atoms with van der Waals surface area (Å²) in [5.41, 5.74) is 2.82. The molecule has 4 heteroatoms. The summed E-state index contributed by atoms with van der Waals surface area (Å²) < 4.78 is 0. The molecule has 0 aromatic heterocycles. The summed E-state index contributed by atoms with van der Waals surface area (Å²) in [7, 11) is 0. The van der Waals surface area contributed by atoms with Crippen LogP contribution in [0.25, 0.3) is 0 Å². The van der Waals surface area contributed by atoms with Crippen molar-refractivity contribution < 1.29 is 9.59 Å². The summed E-state index contributed by atoms with van der Waals surface area (Å²) in [6.07, 6.45) is 8.59. The Bertz CT molecular complexity index is 703. The van der Waals surface area contributed by atoms with Crippen LogP contribution in [-0.4, -0.2) is 53.7 Å². The largest absolute Gasteiger partial charge is 0.333 e. The fourth-order valence-corrected chi connectivity index (χ4v) is 4.99. The molecule has 1 aliphatic carbocycles. The van der Waals surface area contributed by atoms with Crippen LogP contribution in [0, 0.1) is 18.8 Å². The molecule has 0 unspecified atom stereocenters. The molecule has 1 amide bonds. The third-order valence-corrected chi connectivity index (χ3v) is 7.42. The van der Waals surface area contributed by atoms with Crippen LogP contribution in [0.4, 0.5) is 0 Å². The lowest BCUT2D eigenvalue weighted by Gasteiger charge is -2.37. The average molecular weight is 413 g/mol. The molecule has 1 heterocycles. The molecule has 1 saturated heterocycles. The molecule has 30 heavy (non-hydrogen) atoms. The van der Waals surface area contributed by atoms with Gasteiger partial charge < -0.3 is 9.80 Å². The van der Waals surface area contributed by atoms with E-state index in [4.69, 9.17) is 0 Å². The molecule has 3 rings (SSSR count). The molecule has 1 aromatic rings. The number of carbonyl (C=O) groups excluding carboxylic acids is 2. The molecule has 0 radical (unpaired) electrons. The zero-order valence-electron chi connectivity index (χ0n) is 19.2. The van der Waals surface area contributed by atoms with Crippen molar-refractivity contribution in [1.29, 1.82) is 0 Å². The molecule has 0 spiro atoms. The first-order valence-corrected chi connectivity index (χ1v) is 12.1. The second-order valence-corrected chi connectivity index (χ2v) is 9.53. The number of ketones is 1. The van der Waals surface area contributed by atoms with Gasteiger partial charge in [-0.1, -0.05) is 51.0 Å². The fourth-order valence-electron chi connectivity index (χ4n) is 4.99. The van der Waals surface area contributed by atoms with Gasteiger partial charge in [-0.15, -0.1) is 0 Å². The number of Topliss-reactive ketones (excluding diaryl/α,β-unsaturated/α-hetero) is 1. The zero-order chi connectivity index (χ0) is 21.5. The number of nitrogens with zero attached hydrogens (tertiary/aromatic N) is 2. The van der Waals surface area contributed by atoms with Gasteiger partial charge in [0.25, 0.3) is 5.91 Å². The van der Waals surface area contributed by atoms with Crippen LogP contribution in [0.2, 0.25) is 0 Å². The number of likely N-dealkylation sites (tertiary alicyclic amines) is 1. The molecule has 0 bridgehead atoms. The Morgan fingerprint density at radius 2 is 1.77 bits per heavy atom. The van der Waals surface area contributed by atoms with E-state index in [0.29, 0.717) is 5.92 Å². The van der Waals surface area contributed by atoms with E-state index < -0.39 is 0 Å². The first kappa shape index (κ1) is 23.0. The van der Waals surface area contributed by atoms with E-state index >= 15 is 0 Å². The Morgan fingerprint density at radius 1 is 1.10 bits per heavy atom. The zero-order valence-corrected chi connectivity index (χ0v) is 19.2. The van der Waals surface area contributed by atoms with Gasteiger partial charge in [-0.25, -0.2) is 0 Å². The van der Waals surface area contributed by atoms with E-state index in [-0.39, 0.29) is 23.7 Å². The van der Waals surface area contributed by atoms with E-state index in [1.54, 1.807) is 0 Å². The normalized spacial score (nSPS) is 19.7. The molecule has 166 valence electrons.